The molecule has 1 heteroatoms. The van der Waals surface area contributed by atoms with E-state index in [-0.39, 0.29) is 0 Å². The van der Waals surface area contributed by atoms with Gasteiger partial charge in [0.1, 0.15) is 0 Å². The summed E-state index contributed by atoms with van der Waals surface area (Å²) in [6, 6.07) is 1.35. The van der Waals surface area contributed by atoms with Crippen molar-refractivity contribution in [1.82, 2.24) is 4.90 Å². The van der Waals surface area contributed by atoms with Crippen LogP contribution in [-0.4, -0.2) is 24.0 Å². The van der Waals surface area contributed by atoms with Crippen LogP contribution in [-0.2, 0) is 0 Å². The largest absolute Gasteiger partial charge is 0.302 e. The zero-order valence-electron chi connectivity index (χ0n) is 8.89. The van der Waals surface area contributed by atoms with E-state index in [0.717, 1.165) is 0 Å². The van der Waals surface area contributed by atoms with E-state index in [2.05, 4.69) is 46.2 Å². The van der Waals surface area contributed by atoms with Crippen LogP contribution in [0.15, 0.2) is 12.7 Å². The Hall–Kier alpha value is -0.300. The maximum atomic E-state index is 3.36. The predicted octanol–water partition coefficient (Wildman–Crippen LogP) is 2.93. The van der Waals surface area contributed by atoms with Crippen molar-refractivity contribution in [2.45, 2.75) is 46.7 Å². The van der Waals surface area contributed by atoms with Crippen LogP contribution in [0.2, 0.25) is 0 Å². The summed E-state index contributed by atoms with van der Waals surface area (Å²) >= 11 is 0. The molecule has 0 aliphatic rings. The van der Waals surface area contributed by atoms with Crippen molar-refractivity contribution in [2.75, 3.05) is 7.05 Å². The summed E-state index contributed by atoms with van der Waals surface area (Å²) in [5, 5.41) is 0. The van der Waals surface area contributed by atoms with Crippen molar-refractivity contribution in [1.29, 1.82) is 0 Å². The molecule has 0 fully saturated rings. The summed E-state index contributed by atoms with van der Waals surface area (Å²) in [4.78, 5) is 2.33. The van der Waals surface area contributed by atoms with E-state index in [1.807, 2.05) is 6.92 Å². The molecule has 11 heavy (non-hydrogen) atoms. The molecule has 0 N–H and O–H groups in total. The Morgan fingerprint density at radius 2 is 1.27 bits per heavy atom. The predicted molar refractivity (Wildman–Crippen MR) is 53.9 cm³/mol. The molecule has 0 aliphatic carbocycles. The van der Waals surface area contributed by atoms with E-state index in [9.17, 15) is 0 Å². The van der Waals surface area contributed by atoms with Gasteiger partial charge in [-0.1, -0.05) is 6.08 Å². The second-order valence-corrected chi connectivity index (χ2v) is 3.26. The van der Waals surface area contributed by atoms with Crippen LogP contribution in [0.4, 0.5) is 0 Å². The quantitative estimate of drug-likeness (QED) is 0.557. The molecule has 0 spiro atoms. The first-order chi connectivity index (χ1) is 4.97. The highest BCUT2D eigenvalue weighted by Crippen LogP contribution is 1.98. The SMILES string of the molecule is C=CC.CC(C)N(C)C(C)C. The topological polar surface area (TPSA) is 3.24 Å². The monoisotopic (exact) mass is 157 g/mol. The third kappa shape index (κ3) is 9.70. The molecule has 0 heterocycles. The first-order valence-electron chi connectivity index (χ1n) is 4.26. The number of hydrogen-bond acceptors (Lipinski definition) is 1. The van der Waals surface area contributed by atoms with E-state index in [4.69, 9.17) is 0 Å². The van der Waals surface area contributed by atoms with Gasteiger partial charge in [0.05, 0.1) is 0 Å². The van der Waals surface area contributed by atoms with Crippen molar-refractivity contribution in [3.63, 3.8) is 0 Å². The Bertz CT molecular complexity index is 76.9. The Morgan fingerprint density at radius 1 is 1.09 bits per heavy atom. The molecule has 0 saturated carbocycles. The highest BCUT2D eigenvalue weighted by atomic mass is 15.1. The molecule has 0 unspecified atom stereocenters. The summed E-state index contributed by atoms with van der Waals surface area (Å²) in [6.45, 7) is 14.1. The standard InChI is InChI=1S/C7H17N.C3H6/c1-6(2)8(5)7(3)4;1-3-2/h6-7H,1-5H3;3H,1H2,2H3. The lowest BCUT2D eigenvalue weighted by molar-refractivity contribution is 0.222. The first-order valence-corrected chi connectivity index (χ1v) is 4.26. The fraction of sp³-hybridized carbons (Fsp3) is 0.800. The molecule has 0 aromatic rings. The molecule has 1 nitrogen and oxygen atoms in total. The lowest BCUT2D eigenvalue weighted by Gasteiger charge is -2.24. The van der Waals surface area contributed by atoms with Gasteiger partial charge < -0.3 is 4.90 Å². The van der Waals surface area contributed by atoms with Gasteiger partial charge in [0.15, 0.2) is 0 Å². The van der Waals surface area contributed by atoms with E-state index >= 15 is 0 Å². The Morgan fingerprint density at radius 3 is 1.27 bits per heavy atom. The maximum absolute atomic E-state index is 3.36. The van der Waals surface area contributed by atoms with Crippen molar-refractivity contribution < 1.29 is 0 Å². The Labute approximate surface area is 72.1 Å². The first kappa shape index (κ1) is 13.3. The van der Waals surface area contributed by atoms with Crippen LogP contribution in [0.1, 0.15) is 34.6 Å². The number of nitrogens with zero attached hydrogens (tertiary/aromatic N) is 1. The van der Waals surface area contributed by atoms with E-state index < -0.39 is 0 Å². The molecular formula is C10H23N. The fourth-order valence-corrected chi connectivity index (χ4v) is 0.596. The second-order valence-electron chi connectivity index (χ2n) is 3.26. The fourth-order valence-electron chi connectivity index (χ4n) is 0.596. The van der Waals surface area contributed by atoms with Crippen molar-refractivity contribution in [3.05, 3.63) is 12.7 Å². The van der Waals surface area contributed by atoms with E-state index in [1.54, 1.807) is 6.08 Å². The van der Waals surface area contributed by atoms with Gasteiger partial charge in [0, 0.05) is 12.1 Å². The summed E-state index contributed by atoms with van der Waals surface area (Å²) in [5.74, 6) is 0. The van der Waals surface area contributed by atoms with Gasteiger partial charge in [-0.25, -0.2) is 0 Å². The second kappa shape index (κ2) is 7.80. The molecule has 0 bridgehead atoms. The van der Waals surface area contributed by atoms with E-state index in [0.29, 0.717) is 12.1 Å². The molecular weight excluding hydrogens is 134 g/mol. The highest BCUT2D eigenvalue weighted by Gasteiger charge is 2.04. The normalized spacial score (nSPS) is 9.91. The molecule has 0 saturated heterocycles. The van der Waals surface area contributed by atoms with Gasteiger partial charge in [-0.2, -0.15) is 0 Å². The minimum atomic E-state index is 0.676. The van der Waals surface area contributed by atoms with Crippen LogP contribution < -0.4 is 0 Å². The summed E-state index contributed by atoms with van der Waals surface area (Å²) in [6.07, 6.45) is 1.75. The average molecular weight is 157 g/mol. The van der Waals surface area contributed by atoms with E-state index in [1.165, 1.54) is 0 Å². The lowest BCUT2D eigenvalue weighted by Crippen LogP contribution is -2.32. The average Bonchev–Trinajstić information content (AvgIpc) is 1.87. The number of rotatable bonds is 2. The molecule has 0 aromatic carbocycles. The van der Waals surface area contributed by atoms with Gasteiger partial charge in [-0.05, 0) is 41.7 Å². The van der Waals surface area contributed by atoms with Gasteiger partial charge >= 0.3 is 0 Å². The summed E-state index contributed by atoms with van der Waals surface area (Å²) in [5.41, 5.74) is 0. The zero-order chi connectivity index (χ0) is 9.44. The molecule has 68 valence electrons. The van der Waals surface area contributed by atoms with Crippen LogP contribution in [0.5, 0.6) is 0 Å². The molecule has 0 aliphatic heterocycles. The van der Waals surface area contributed by atoms with Crippen LogP contribution in [0, 0.1) is 0 Å². The van der Waals surface area contributed by atoms with Gasteiger partial charge in [0.25, 0.3) is 0 Å². The Balaban J connectivity index is 0. The van der Waals surface area contributed by atoms with Gasteiger partial charge in [-0.15, -0.1) is 6.58 Å². The van der Waals surface area contributed by atoms with Gasteiger partial charge in [-0.3, -0.25) is 0 Å². The minimum Gasteiger partial charge on any atom is -0.302 e. The van der Waals surface area contributed by atoms with Crippen LogP contribution >= 0.6 is 0 Å². The molecule has 0 atom stereocenters. The number of allylic oxidation sites excluding steroid dienone is 1. The highest BCUT2D eigenvalue weighted by molar-refractivity contribution is 4.60. The van der Waals surface area contributed by atoms with Crippen molar-refractivity contribution >= 4 is 0 Å². The van der Waals surface area contributed by atoms with Gasteiger partial charge in [0.2, 0.25) is 0 Å². The van der Waals surface area contributed by atoms with Crippen molar-refractivity contribution in [2.24, 2.45) is 0 Å². The summed E-state index contributed by atoms with van der Waals surface area (Å²) < 4.78 is 0. The minimum absolute atomic E-state index is 0.676. The Kier molecular flexibility index (Phi) is 9.44. The molecule has 0 radical (unpaired) electrons. The molecule has 0 aromatic heterocycles. The third-order valence-corrected chi connectivity index (χ3v) is 1.63. The zero-order valence-corrected chi connectivity index (χ0v) is 8.89. The van der Waals surface area contributed by atoms with Crippen LogP contribution in [0.25, 0.3) is 0 Å². The molecule has 0 rings (SSSR count). The lowest BCUT2D eigenvalue weighted by atomic mass is 10.3. The third-order valence-electron chi connectivity index (χ3n) is 1.63. The van der Waals surface area contributed by atoms with Crippen molar-refractivity contribution in [3.8, 4) is 0 Å². The smallest absolute Gasteiger partial charge is 0.00382 e. The summed E-state index contributed by atoms with van der Waals surface area (Å²) in [7, 11) is 2.15. The molecule has 0 amide bonds. The number of hydrogen-bond donors (Lipinski definition) is 0. The maximum Gasteiger partial charge on any atom is 0.00382 e. The van der Waals surface area contributed by atoms with Crippen LogP contribution in [0.3, 0.4) is 0 Å².